The van der Waals surface area contributed by atoms with Gasteiger partial charge in [-0.2, -0.15) is 0 Å². The van der Waals surface area contributed by atoms with Gasteiger partial charge in [-0.05, 0) is 30.7 Å². The van der Waals surface area contributed by atoms with E-state index in [4.69, 9.17) is 4.42 Å². The second-order valence-corrected chi connectivity index (χ2v) is 5.00. The molecule has 0 aliphatic rings. The highest BCUT2D eigenvalue weighted by Gasteiger charge is 2.10. The lowest BCUT2D eigenvalue weighted by Gasteiger charge is -2.01. The van der Waals surface area contributed by atoms with E-state index < -0.39 is 10.5 Å². The van der Waals surface area contributed by atoms with Crippen LogP contribution in [0.1, 0.15) is 11.1 Å². The Labute approximate surface area is 130 Å². The Morgan fingerprint density at radius 2 is 1.96 bits per heavy atom. The Morgan fingerprint density at radius 1 is 1.17 bits per heavy atom. The minimum Gasteiger partial charge on any atom is -0.423 e. The number of hydrogen-bond acceptors (Lipinski definition) is 5. The first-order chi connectivity index (χ1) is 11.0. The van der Waals surface area contributed by atoms with E-state index in [0.29, 0.717) is 16.8 Å². The summed E-state index contributed by atoms with van der Waals surface area (Å²) in [6.45, 7) is 1.83. The Bertz CT molecular complexity index is 989. The smallest absolute Gasteiger partial charge is 0.336 e. The number of benzene rings is 2. The molecule has 0 N–H and O–H groups in total. The third-order valence-corrected chi connectivity index (χ3v) is 3.42. The number of para-hydroxylation sites is 1. The molecule has 114 valence electrons. The Balaban J connectivity index is 2.02. The van der Waals surface area contributed by atoms with E-state index in [1.54, 1.807) is 36.4 Å². The fraction of sp³-hybridized carbons (Fsp3) is 0.0588. The van der Waals surface area contributed by atoms with E-state index in [1.807, 2.05) is 6.92 Å². The zero-order chi connectivity index (χ0) is 16.4. The number of hydrogen-bond donors (Lipinski definition) is 0. The molecule has 3 aromatic rings. The molecular weight excluding hydrogens is 296 g/mol. The van der Waals surface area contributed by atoms with Crippen LogP contribution in [0.15, 0.2) is 62.7 Å². The summed E-state index contributed by atoms with van der Waals surface area (Å²) in [7, 11) is 0. The third-order valence-electron chi connectivity index (χ3n) is 3.42. The van der Waals surface area contributed by atoms with Gasteiger partial charge in [-0.3, -0.25) is 15.1 Å². The molecule has 1 aromatic heterocycles. The molecule has 0 aliphatic heterocycles. The van der Waals surface area contributed by atoms with E-state index in [1.165, 1.54) is 18.3 Å². The fourth-order valence-electron chi connectivity index (χ4n) is 2.30. The normalized spacial score (nSPS) is 11.2. The molecule has 0 unspecified atom stereocenters. The average molecular weight is 308 g/mol. The van der Waals surface area contributed by atoms with Crippen molar-refractivity contribution < 1.29 is 9.34 Å². The average Bonchev–Trinajstić information content (AvgIpc) is 2.52. The molecule has 6 nitrogen and oxygen atoms in total. The fourth-order valence-corrected chi connectivity index (χ4v) is 2.30. The lowest BCUT2D eigenvalue weighted by atomic mass is 10.1. The number of nitrogens with zero attached hydrogens (tertiary/aromatic N) is 2. The Hall–Kier alpha value is -3.28. The second kappa shape index (κ2) is 5.84. The number of aryl methyl sites for hydroxylation is 1. The highest BCUT2D eigenvalue weighted by atomic mass is 16.6. The van der Waals surface area contributed by atoms with Crippen molar-refractivity contribution in [1.82, 2.24) is 0 Å². The summed E-state index contributed by atoms with van der Waals surface area (Å²) in [6.07, 6.45) is 1.42. The summed E-state index contributed by atoms with van der Waals surface area (Å²) in [6, 6.07) is 13.0. The van der Waals surface area contributed by atoms with Crippen LogP contribution in [0.3, 0.4) is 0 Å². The van der Waals surface area contributed by atoms with Crippen molar-refractivity contribution in [3.05, 3.63) is 80.2 Å². The van der Waals surface area contributed by atoms with Crippen LogP contribution >= 0.6 is 0 Å². The summed E-state index contributed by atoms with van der Waals surface area (Å²) in [5.41, 5.74) is 1.78. The molecule has 0 radical (unpaired) electrons. The molecule has 3 rings (SSSR count). The molecule has 0 atom stereocenters. The third kappa shape index (κ3) is 3.01. The quantitative estimate of drug-likeness (QED) is 0.319. The van der Waals surface area contributed by atoms with Crippen LogP contribution in [0.5, 0.6) is 0 Å². The summed E-state index contributed by atoms with van der Waals surface area (Å²) >= 11 is 0. The minimum absolute atomic E-state index is 0.0144. The van der Waals surface area contributed by atoms with Crippen molar-refractivity contribution in [3.63, 3.8) is 0 Å². The van der Waals surface area contributed by atoms with Gasteiger partial charge in [0.25, 0.3) is 5.69 Å². The molecule has 0 fully saturated rings. The number of nitro groups is 1. The molecular formula is C17H12N2O4. The molecule has 1 heterocycles. The standard InChI is InChI=1S/C17H12N2O4/c1-11-8-17(20)23-16-9-13(6-7-14(11)16)18-10-12-4-2-3-5-15(12)19(21)22/h2-10H,1H3. The van der Waals surface area contributed by atoms with Crippen molar-refractivity contribution in [2.45, 2.75) is 6.92 Å². The highest BCUT2D eigenvalue weighted by molar-refractivity contribution is 5.88. The molecule has 6 heteroatoms. The van der Waals surface area contributed by atoms with Gasteiger partial charge in [0.1, 0.15) is 5.58 Å². The van der Waals surface area contributed by atoms with Crippen LogP contribution in [0.25, 0.3) is 11.0 Å². The number of rotatable bonds is 3. The summed E-state index contributed by atoms with van der Waals surface area (Å²) < 4.78 is 5.16. The zero-order valence-electron chi connectivity index (χ0n) is 12.2. The van der Waals surface area contributed by atoms with Crippen LogP contribution in [0, 0.1) is 17.0 Å². The number of aliphatic imine (C=N–C) groups is 1. The number of nitro benzene ring substituents is 1. The van der Waals surface area contributed by atoms with Gasteiger partial charge in [-0.25, -0.2) is 4.79 Å². The summed E-state index contributed by atoms with van der Waals surface area (Å²) in [5, 5.41) is 11.8. The zero-order valence-corrected chi connectivity index (χ0v) is 12.2. The molecule has 2 aromatic carbocycles. The molecule has 0 amide bonds. The summed E-state index contributed by atoms with van der Waals surface area (Å²) in [4.78, 5) is 26.2. The van der Waals surface area contributed by atoms with Crippen LogP contribution in [-0.4, -0.2) is 11.1 Å². The van der Waals surface area contributed by atoms with Crippen LogP contribution in [0.2, 0.25) is 0 Å². The molecule has 0 saturated heterocycles. The minimum atomic E-state index is -0.454. The van der Waals surface area contributed by atoms with Gasteiger partial charge >= 0.3 is 5.63 Å². The van der Waals surface area contributed by atoms with E-state index in [2.05, 4.69) is 4.99 Å². The van der Waals surface area contributed by atoms with Crippen LogP contribution in [0.4, 0.5) is 11.4 Å². The lowest BCUT2D eigenvalue weighted by molar-refractivity contribution is -0.385. The van der Waals surface area contributed by atoms with Gasteiger partial charge < -0.3 is 4.42 Å². The van der Waals surface area contributed by atoms with Gasteiger partial charge in [-0.1, -0.05) is 12.1 Å². The maximum Gasteiger partial charge on any atom is 0.336 e. The van der Waals surface area contributed by atoms with Crippen molar-refractivity contribution in [3.8, 4) is 0 Å². The van der Waals surface area contributed by atoms with Crippen molar-refractivity contribution in [2.24, 2.45) is 4.99 Å². The van der Waals surface area contributed by atoms with E-state index in [9.17, 15) is 14.9 Å². The molecule has 0 aliphatic carbocycles. The first-order valence-electron chi connectivity index (χ1n) is 6.86. The van der Waals surface area contributed by atoms with E-state index >= 15 is 0 Å². The highest BCUT2D eigenvalue weighted by Crippen LogP contribution is 2.23. The van der Waals surface area contributed by atoms with E-state index in [-0.39, 0.29) is 5.69 Å². The van der Waals surface area contributed by atoms with Crippen molar-refractivity contribution >= 4 is 28.6 Å². The lowest BCUT2D eigenvalue weighted by Crippen LogP contribution is -1.97. The monoisotopic (exact) mass is 308 g/mol. The molecule has 0 bridgehead atoms. The molecule has 23 heavy (non-hydrogen) atoms. The van der Waals surface area contributed by atoms with Gasteiger partial charge in [0.15, 0.2) is 0 Å². The molecule has 0 saturated carbocycles. The van der Waals surface area contributed by atoms with Gasteiger partial charge in [0.2, 0.25) is 0 Å². The van der Waals surface area contributed by atoms with Crippen molar-refractivity contribution in [1.29, 1.82) is 0 Å². The van der Waals surface area contributed by atoms with E-state index in [0.717, 1.165) is 10.9 Å². The van der Waals surface area contributed by atoms with Crippen molar-refractivity contribution in [2.75, 3.05) is 0 Å². The second-order valence-electron chi connectivity index (χ2n) is 5.00. The Kier molecular flexibility index (Phi) is 3.72. The Morgan fingerprint density at radius 3 is 2.74 bits per heavy atom. The van der Waals surface area contributed by atoms with Gasteiger partial charge in [0.05, 0.1) is 16.2 Å². The first kappa shape index (κ1) is 14.6. The topological polar surface area (TPSA) is 85.7 Å². The predicted octanol–water partition coefficient (Wildman–Crippen LogP) is 3.76. The van der Waals surface area contributed by atoms with Gasteiger partial charge in [-0.15, -0.1) is 0 Å². The molecule has 0 spiro atoms. The number of fused-ring (bicyclic) bond motifs is 1. The van der Waals surface area contributed by atoms with Crippen LogP contribution < -0.4 is 5.63 Å². The maximum atomic E-state index is 11.4. The largest absolute Gasteiger partial charge is 0.423 e. The van der Waals surface area contributed by atoms with Crippen LogP contribution in [-0.2, 0) is 0 Å². The summed E-state index contributed by atoms with van der Waals surface area (Å²) in [5.74, 6) is 0. The van der Waals surface area contributed by atoms with Gasteiger partial charge in [0, 0.05) is 29.8 Å². The predicted molar refractivity (Wildman–Crippen MR) is 87.6 cm³/mol. The SMILES string of the molecule is Cc1cc(=O)oc2cc(N=Cc3ccccc3[N+](=O)[O-])ccc12. The maximum absolute atomic E-state index is 11.4. The first-order valence-corrected chi connectivity index (χ1v) is 6.86.